The van der Waals surface area contributed by atoms with E-state index in [1.54, 1.807) is 0 Å². The maximum absolute atomic E-state index is 12.0. The minimum absolute atomic E-state index is 0.0220. The highest BCUT2D eigenvalue weighted by atomic mass is 16.6. The van der Waals surface area contributed by atoms with Gasteiger partial charge in [0, 0.05) is 11.8 Å². The van der Waals surface area contributed by atoms with Gasteiger partial charge in [0.2, 0.25) is 5.78 Å². The van der Waals surface area contributed by atoms with Gasteiger partial charge in [-0.2, -0.15) is 0 Å². The van der Waals surface area contributed by atoms with Crippen LogP contribution in [0.25, 0.3) is 0 Å². The van der Waals surface area contributed by atoms with E-state index in [9.17, 15) is 34.2 Å². The Hall–Kier alpha value is -3.45. The molecule has 1 aromatic carbocycles. The number of aromatic carboxylic acids is 1. The third-order valence-corrected chi connectivity index (χ3v) is 5.96. The van der Waals surface area contributed by atoms with Crippen LogP contribution in [0, 0.1) is 20.8 Å². The van der Waals surface area contributed by atoms with Crippen molar-refractivity contribution in [3.8, 4) is 0 Å². The maximum Gasteiger partial charge on any atom is 0.336 e. The molecule has 1 aliphatic heterocycles. The van der Waals surface area contributed by atoms with Crippen LogP contribution in [0.2, 0.25) is 0 Å². The lowest BCUT2D eigenvalue weighted by Gasteiger charge is -2.17. The van der Waals surface area contributed by atoms with Crippen LogP contribution in [-0.4, -0.2) is 74.8 Å². The molecule has 12 heteroatoms. The number of aryl methyl sites for hydroxylation is 4. The number of aromatic nitrogens is 2. The molecule has 0 amide bonds. The Balaban J connectivity index is 0.000000335. The summed E-state index contributed by atoms with van der Waals surface area (Å²) in [5, 5.41) is 31.7. The summed E-state index contributed by atoms with van der Waals surface area (Å²) < 4.78 is 6.11. The standard InChI is InChI=1S/C15H21N3O7.C10H12O2/c1-16-5-3-2-4-8-6-18(15(24)17-13(8)23)14-11(22)10(21)12(25-14)9(20)7-19;1-6-4-7(2)9(10(11)12)8(3)5-6/h6-7,10-12,14,16,21-22H,2-5H2,1H3,(H,17,23,24);4-5H,1-3H3,(H,11,12). The van der Waals surface area contributed by atoms with E-state index in [1.807, 2.05) is 40.0 Å². The zero-order chi connectivity index (χ0) is 27.9. The number of unbranched alkanes of at least 4 members (excludes halogenated alkanes) is 1. The Kier molecular flexibility index (Phi) is 10.6. The fourth-order valence-electron chi connectivity index (χ4n) is 4.22. The Morgan fingerprint density at radius 2 is 1.73 bits per heavy atom. The van der Waals surface area contributed by atoms with Gasteiger partial charge in [0.15, 0.2) is 18.6 Å². The first-order valence-corrected chi connectivity index (χ1v) is 11.7. The predicted octanol–water partition coefficient (Wildman–Crippen LogP) is -0.224. The summed E-state index contributed by atoms with van der Waals surface area (Å²) >= 11 is 0. The third-order valence-electron chi connectivity index (χ3n) is 5.96. The average molecular weight is 520 g/mol. The molecule has 1 fully saturated rings. The first-order valence-electron chi connectivity index (χ1n) is 11.7. The number of H-pyrrole nitrogens is 1. The van der Waals surface area contributed by atoms with Crippen molar-refractivity contribution in [3.63, 3.8) is 0 Å². The van der Waals surface area contributed by atoms with Crippen molar-refractivity contribution in [1.82, 2.24) is 14.9 Å². The molecule has 0 saturated carbocycles. The average Bonchev–Trinajstić information content (AvgIpc) is 3.11. The van der Waals surface area contributed by atoms with Gasteiger partial charge in [0.25, 0.3) is 5.56 Å². The van der Waals surface area contributed by atoms with Gasteiger partial charge >= 0.3 is 11.7 Å². The van der Waals surface area contributed by atoms with Crippen molar-refractivity contribution in [2.75, 3.05) is 13.6 Å². The van der Waals surface area contributed by atoms with Crippen LogP contribution in [-0.2, 0) is 20.7 Å². The molecule has 4 unspecified atom stereocenters. The zero-order valence-corrected chi connectivity index (χ0v) is 21.2. The number of ketones is 1. The molecule has 37 heavy (non-hydrogen) atoms. The highest BCUT2D eigenvalue weighted by molar-refractivity contribution is 6.27. The number of carboxylic acid groups (broad SMARTS) is 1. The number of carbonyl (C=O) groups excluding carboxylic acids is 2. The molecule has 1 aliphatic rings. The number of rotatable bonds is 9. The number of carbonyl (C=O) groups is 3. The molecule has 0 spiro atoms. The molecule has 2 heterocycles. The van der Waals surface area contributed by atoms with Gasteiger partial charge < -0.3 is 25.4 Å². The monoisotopic (exact) mass is 519 g/mol. The van der Waals surface area contributed by atoms with E-state index in [-0.39, 0.29) is 6.29 Å². The Morgan fingerprint density at radius 1 is 1.11 bits per heavy atom. The molecular weight excluding hydrogens is 486 g/mol. The molecule has 5 N–H and O–H groups in total. The molecule has 0 aliphatic carbocycles. The molecule has 1 saturated heterocycles. The minimum Gasteiger partial charge on any atom is -0.478 e. The number of aromatic amines is 1. The van der Waals surface area contributed by atoms with Gasteiger partial charge in [-0.05, 0) is 64.8 Å². The van der Waals surface area contributed by atoms with E-state index < -0.39 is 47.5 Å². The van der Waals surface area contributed by atoms with Gasteiger partial charge in [0.1, 0.15) is 12.2 Å². The molecule has 2 aromatic rings. The first-order chi connectivity index (χ1) is 17.4. The number of ether oxygens (including phenoxy) is 1. The maximum atomic E-state index is 12.0. The molecule has 3 rings (SSSR count). The Bertz CT molecular complexity index is 1230. The second kappa shape index (κ2) is 13.2. The van der Waals surface area contributed by atoms with Crippen LogP contribution in [0.4, 0.5) is 0 Å². The normalized spacial score (nSPS) is 20.7. The van der Waals surface area contributed by atoms with Crippen LogP contribution in [0.3, 0.4) is 0 Å². The quantitative estimate of drug-likeness (QED) is 0.168. The van der Waals surface area contributed by atoms with Crippen molar-refractivity contribution in [3.05, 3.63) is 67.0 Å². The third kappa shape index (κ3) is 7.29. The molecule has 12 nitrogen and oxygen atoms in total. The minimum atomic E-state index is -1.65. The van der Waals surface area contributed by atoms with Crippen molar-refractivity contribution < 1.29 is 34.4 Å². The summed E-state index contributed by atoms with van der Waals surface area (Å²) in [5.74, 6) is -1.89. The number of aliphatic hydroxyl groups is 2. The van der Waals surface area contributed by atoms with Crippen molar-refractivity contribution in [2.45, 2.75) is 64.6 Å². The van der Waals surface area contributed by atoms with Gasteiger partial charge in [-0.1, -0.05) is 17.7 Å². The Morgan fingerprint density at radius 3 is 2.27 bits per heavy atom. The highest BCUT2D eigenvalue weighted by Crippen LogP contribution is 2.28. The lowest BCUT2D eigenvalue weighted by Crippen LogP contribution is -2.39. The number of nitrogens with one attached hydrogen (secondary N) is 2. The number of aliphatic hydroxyl groups excluding tert-OH is 2. The number of benzene rings is 1. The number of carboxylic acids is 1. The van der Waals surface area contributed by atoms with Crippen molar-refractivity contribution >= 4 is 18.0 Å². The van der Waals surface area contributed by atoms with Gasteiger partial charge in [-0.25, -0.2) is 9.59 Å². The second-order valence-corrected chi connectivity index (χ2v) is 8.91. The Labute approximate surface area is 212 Å². The first kappa shape index (κ1) is 29.8. The summed E-state index contributed by atoms with van der Waals surface area (Å²) in [6, 6.07) is 3.77. The van der Waals surface area contributed by atoms with Crippen LogP contribution >= 0.6 is 0 Å². The fraction of sp³-hybridized carbons (Fsp3) is 0.480. The van der Waals surface area contributed by atoms with Gasteiger partial charge in [-0.15, -0.1) is 0 Å². The number of nitrogens with zero attached hydrogens (tertiary/aromatic N) is 1. The molecular formula is C25H33N3O9. The van der Waals surface area contributed by atoms with E-state index in [4.69, 9.17) is 9.84 Å². The van der Waals surface area contributed by atoms with Crippen LogP contribution in [0.1, 0.15) is 51.7 Å². The summed E-state index contributed by atoms with van der Waals surface area (Å²) in [4.78, 5) is 58.8. The van der Waals surface area contributed by atoms with Gasteiger partial charge in [0.05, 0.1) is 5.56 Å². The van der Waals surface area contributed by atoms with Crippen molar-refractivity contribution in [1.29, 1.82) is 0 Å². The van der Waals surface area contributed by atoms with Crippen LogP contribution in [0.5, 0.6) is 0 Å². The van der Waals surface area contributed by atoms with E-state index in [1.165, 1.54) is 6.20 Å². The number of aldehydes is 1. The lowest BCUT2D eigenvalue weighted by molar-refractivity contribution is -0.141. The summed E-state index contributed by atoms with van der Waals surface area (Å²) in [6.45, 7) is 6.39. The van der Waals surface area contributed by atoms with Crippen molar-refractivity contribution in [2.24, 2.45) is 0 Å². The SMILES string of the molecule is CNCCCCc1cn(C2OC(C(=O)C=O)C(O)C2O)c(=O)[nH]c1=O.Cc1cc(C)c(C(=O)O)c(C)c1. The van der Waals surface area contributed by atoms with E-state index in [2.05, 4.69) is 10.3 Å². The van der Waals surface area contributed by atoms with Gasteiger partial charge in [-0.3, -0.25) is 23.9 Å². The van der Waals surface area contributed by atoms with E-state index >= 15 is 0 Å². The number of Topliss-reactive ketones (excluding diaryl/α,β-unsaturated/α-hetero) is 1. The fourth-order valence-corrected chi connectivity index (χ4v) is 4.22. The largest absolute Gasteiger partial charge is 0.478 e. The van der Waals surface area contributed by atoms with E-state index in [0.29, 0.717) is 24.0 Å². The summed E-state index contributed by atoms with van der Waals surface area (Å²) in [6.07, 6.45) is -3.05. The summed E-state index contributed by atoms with van der Waals surface area (Å²) in [5.41, 5.74) is 2.13. The summed E-state index contributed by atoms with van der Waals surface area (Å²) in [7, 11) is 1.81. The van der Waals surface area contributed by atoms with Crippen LogP contribution in [0.15, 0.2) is 27.9 Å². The van der Waals surface area contributed by atoms with Crippen LogP contribution < -0.4 is 16.6 Å². The molecule has 202 valence electrons. The smallest absolute Gasteiger partial charge is 0.336 e. The molecule has 4 atom stereocenters. The second-order valence-electron chi connectivity index (χ2n) is 8.91. The van der Waals surface area contributed by atoms with E-state index in [0.717, 1.165) is 34.2 Å². The predicted molar refractivity (Wildman–Crippen MR) is 133 cm³/mol. The highest BCUT2D eigenvalue weighted by Gasteiger charge is 2.47. The molecule has 1 aromatic heterocycles. The molecule has 0 bridgehead atoms. The topological polar surface area (TPSA) is 188 Å². The lowest BCUT2D eigenvalue weighted by atomic mass is 10.0. The zero-order valence-electron chi connectivity index (χ0n) is 21.2. The number of hydrogen-bond donors (Lipinski definition) is 5. The molecule has 0 radical (unpaired) electrons. The number of hydrogen-bond acceptors (Lipinski definition) is 9.